The zero-order valence-corrected chi connectivity index (χ0v) is 10.8. The Bertz CT molecular complexity index is 366. The van der Waals surface area contributed by atoms with E-state index in [0.29, 0.717) is 6.61 Å². The molecular formula is C10H12BrNO2S. The second-order valence-corrected chi connectivity index (χ2v) is 6.12. The van der Waals surface area contributed by atoms with Gasteiger partial charge >= 0.3 is 6.09 Å². The van der Waals surface area contributed by atoms with Crippen molar-refractivity contribution in [3.05, 3.63) is 20.8 Å². The number of rotatable bonds is 3. The molecule has 0 bridgehead atoms. The van der Waals surface area contributed by atoms with E-state index in [-0.39, 0.29) is 12.1 Å². The summed E-state index contributed by atoms with van der Waals surface area (Å²) in [6.07, 6.45) is 0.716. The third-order valence-electron chi connectivity index (χ3n) is 2.44. The molecule has 1 amide bonds. The van der Waals surface area contributed by atoms with Crippen LogP contribution in [-0.2, 0) is 11.2 Å². The topological polar surface area (TPSA) is 29.5 Å². The summed E-state index contributed by atoms with van der Waals surface area (Å²) in [7, 11) is 0. The third-order valence-corrected chi connectivity index (χ3v) is 4.13. The van der Waals surface area contributed by atoms with Crippen LogP contribution in [0.5, 0.6) is 0 Å². The number of nitrogens with zero attached hydrogens (tertiary/aromatic N) is 1. The Morgan fingerprint density at radius 2 is 2.47 bits per heavy atom. The maximum absolute atomic E-state index is 11.3. The molecule has 2 heterocycles. The summed E-state index contributed by atoms with van der Waals surface area (Å²) in [6, 6.07) is 4.33. The van der Waals surface area contributed by atoms with E-state index in [0.717, 1.165) is 16.8 Å². The highest BCUT2D eigenvalue weighted by Crippen LogP contribution is 2.23. The van der Waals surface area contributed by atoms with E-state index in [9.17, 15) is 4.79 Å². The molecular weight excluding hydrogens is 278 g/mol. The summed E-state index contributed by atoms with van der Waals surface area (Å²) in [5, 5.41) is 0. The maximum atomic E-state index is 11.3. The second kappa shape index (κ2) is 4.53. The number of cyclic esters (lactones) is 1. The lowest BCUT2D eigenvalue weighted by Crippen LogP contribution is -2.32. The van der Waals surface area contributed by atoms with Crippen LogP contribution in [0.3, 0.4) is 0 Å². The van der Waals surface area contributed by atoms with Crippen molar-refractivity contribution in [1.29, 1.82) is 0 Å². The monoisotopic (exact) mass is 289 g/mol. The van der Waals surface area contributed by atoms with E-state index in [2.05, 4.69) is 22.0 Å². The van der Waals surface area contributed by atoms with Crippen LogP contribution in [0.4, 0.5) is 4.79 Å². The normalized spacial score (nSPS) is 20.8. The highest BCUT2D eigenvalue weighted by Gasteiger charge is 2.28. The van der Waals surface area contributed by atoms with Crippen molar-refractivity contribution in [1.82, 2.24) is 4.90 Å². The number of carbonyl (C=O) groups excluding carboxylic acids is 1. The van der Waals surface area contributed by atoms with Gasteiger partial charge < -0.3 is 9.64 Å². The minimum absolute atomic E-state index is 0.182. The summed E-state index contributed by atoms with van der Waals surface area (Å²) >= 11 is 5.13. The van der Waals surface area contributed by atoms with Gasteiger partial charge in [0, 0.05) is 11.4 Å². The lowest BCUT2D eigenvalue weighted by atomic mass is 10.3. The van der Waals surface area contributed by atoms with Crippen LogP contribution in [0.2, 0.25) is 0 Å². The van der Waals surface area contributed by atoms with Gasteiger partial charge in [-0.05, 0) is 41.4 Å². The van der Waals surface area contributed by atoms with Gasteiger partial charge in [0.25, 0.3) is 0 Å². The number of ether oxygens (including phenoxy) is 1. The van der Waals surface area contributed by atoms with Gasteiger partial charge in [0.15, 0.2) is 0 Å². The Balaban J connectivity index is 1.90. The molecule has 1 atom stereocenters. The van der Waals surface area contributed by atoms with Gasteiger partial charge in [0.05, 0.1) is 9.83 Å². The van der Waals surface area contributed by atoms with Crippen molar-refractivity contribution in [3.8, 4) is 0 Å². The first kappa shape index (κ1) is 11.0. The van der Waals surface area contributed by atoms with Gasteiger partial charge in [0.1, 0.15) is 6.61 Å². The van der Waals surface area contributed by atoms with E-state index < -0.39 is 0 Å². The first-order valence-corrected chi connectivity index (χ1v) is 6.45. The highest BCUT2D eigenvalue weighted by molar-refractivity contribution is 9.11. The lowest BCUT2D eigenvalue weighted by Gasteiger charge is -2.16. The largest absolute Gasteiger partial charge is 0.447 e. The van der Waals surface area contributed by atoms with E-state index in [1.165, 1.54) is 4.88 Å². The molecule has 0 spiro atoms. The molecule has 15 heavy (non-hydrogen) atoms. The molecule has 1 saturated heterocycles. The minimum atomic E-state index is -0.182. The van der Waals surface area contributed by atoms with E-state index in [1.54, 1.807) is 16.2 Å². The molecule has 1 fully saturated rings. The van der Waals surface area contributed by atoms with Gasteiger partial charge in [-0.15, -0.1) is 11.3 Å². The predicted molar refractivity (Wildman–Crippen MR) is 63.2 cm³/mol. The molecule has 0 aliphatic carbocycles. The summed E-state index contributed by atoms with van der Waals surface area (Å²) in [5.74, 6) is 0. The van der Waals surface area contributed by atoms with Crippen molar-refractivity contribution in [2.45, 2.75) is 19.4 Å². The fraction of sp³-hybridized carbons (Fsp3) is 0.500. The van der Waals surface area contributed by atoms with Crippen molar-refractivity contribution < 1.29 is 9.53 Å². The SMILES string of the molecule is C[C@H]1COC(=O)N1CCc1ccc(Br)s1. The van der Waals surface area contributed by atoms with Crippen LogP contribution in [0, 0.1) is 0 Å². The number of hydrogen-bond acceptors (Lipinski definition) is 3. The zero-order valence-electron chi connectivity index (χ0n) is 8.40. The fourth-order valence-corrected chi connectivity index (χ4v) is 3.05. The van der Waals surface area contributed by atoms with Crippen molar-refractivity contribution in [3.63, 3.8) is 0 Å². The fourth-order valence-electron chi connectivity index (χ4n) is 1.57. The van der Waals surface area contributed by atoms with E-state index in [1.807, 2.05) is 13.0 Å². The first-order valence-electron chi connectivity index (χ1n) is 4.84. The average Bonchev–Trinajstić information content (AvgIpc) is 2.73. The van der Waals surface area contributed by atoms with Gasteiger partial charge in [0.2, 0.25) is 0 Å². The number of carbonyl (C=O) groups is 1. The van der Waals surface area contributed by atoms with Gasteiger partial charge in [-0.2, -0.15) is 0 Å². The van der Waals surface area contributed by atoms with Crippen LogP contribution in [0.1, 0.15) is 11.8 Å². The zero-order chi connectivity index (χ0) is 10.8. The van der Waals surface area contributed by atoms with E-state index >= 15 is 0 Å². The van der Waals surface area contributed by atoms with Gasteiger partial charge in [-0.3, -0.25) is 0 Å². The molecule has 1 aliphatic heterocycles. The van der Waals surface area contributed by atoms with Gasteiger partial charge in [-0.1, -0.05) is 0 Å². The molecule has 0 radical (unpaired) electrons. The first-order chi connectivity index (χ1) is 7.16. The number of thiophene rings is 1. The molecule has 0 aromatic carbocycles. The van der Waals surface area contributed by atoms with Crippen molar-refractivity contribution in [2.75, 3.05) is 13.2 Å². The average molecular weight is 290 g/mol. The molecule has 3 nitrogen and oxygen atoms in total. The summed E-state index contributed by atoms with van der Waals surface area (Å²) in [6.45, 7) is 3.27. The van der Waals surface area contributed by atoms with Crippen LogP contribution >= 0.6 is 27.3 Å². The highest BCUT2D eigenvalue weighted by atomic mass is 79.9. The summed E-state index contributed by atoms with van der Waals surface area (Å²) in [4.78, 5) is 14.4. The standard InChI is InChI=1S/C10H12BrNO2S/c1-7-6-14-10(13)12(7)5-4-8-2-3-9(11)15-8/h2-3,7H,4-6H2,1H3/t7-/m0/s1. The second-order valence-electron chi connectivity index (χ2n) is 3.58. The number of hydrogen-bond donors (Lipinski definition) is 0. The quantitative estimate of drug-likeness (QED) is 0.856. The van der Waals surface area contributed by atoms with E-state index in [4.69, 9.17) is 4.74 Å². The minimum Gasteiger partial charge on any atom is -0.447 e. The molecule has 0 saturated carbocycles. The molecule has 5 heteroatoms. The Morgan fingerprint density at radius 3 is 3.00 bits per heavy atom. The third kappa shape index (κ3) is 2.52. The molecule has 2 rings (SSSR count). The number of halogens is 1. The van der Waals surface area contributed by atoms with Crippen molar-refractivity contribution >= 4 is 33.4 Å². The Labute approximate surface area is 101 Å². The predicted octanol–water partition coefficient (Wildman–Crippen LogP) is 2.89. The Hall–Kier alpha value is -0.550. The van der Waals surface area contributed by atoms with Crippen molar-refractivity contribution in [2.24, 2.45) is 0 Å². The number of amides is 1. The molecule has 1 aliphatic rings. The molecule has 1 aromatic heterocycles. The summed E-state index contributed by atoms with van der Waals surface area (Å²) < 4.78 is 6.09. The Morgan fingerprint density at radius 1 is 1.67 bits per heavy atom. The molecule has 0 unspecified atom stereocenters. The smallest absolute Gasteiger partial charge is 0.410 e. The van der Waals surface area contributed by atoms with Crippen LogP contribution in [-0.4, -0.2) is 30.2 Å². The summed E-state index contributed by atoms with van der Waals surface area (Å²) in [5.41, 5.74) is 0. The molecule has 82 valence electrons. The molecule has 1 aromatic rings. The van der Waals surface area contributed by atoms with Crippen LogP contribution in [0.25, 0.3) is 0 Å². The van der Waals surface area contributed by atoms with Gasteiger partial charge in [-0.25, -0.2) is 4.79 Å². The lowest BCUT2D eigenvalue weighted by molar-refractivity contribution is 0.158. The van der Waals surface area contributed by atoms with Crippen LogP contribution in [0.15, 0.2) is 15.9 Å². The molecule has 0 N–H and O–H groups in total. The van der Waals surface area contributed by atoms with Crippen LogP contribution < -0.4 is 0 Å². The Kier molecular flexibility index (Phi) is 3.31. The maximum Gasteiger partial charge on any atom is 0.410 e.